The predicted molar refractivity (Wildman–Crippen MR) is 72.4 cm³/mol. The Hall–Kier alpha value is -1.09. The molecule has 1 aromatic heterocycles. The van der Waals surface area contributed by atoms with E-state index in [1.807, 2.05) is 6.20 Å². The van der Waals surface area contributed by atoms with E-state index in [1.165, 1.54) is 24.8 Å². The van der Waals surface area contributed by atoms with Crippen molar-refractivity contribution in [2.75, 3.05) is 24.5 Å². The van der Waals surface area contributed by atoms with Gasteiger partial charge in [0.2, 0.25) is 0 Å². The molecule has 1 aliphatic heterocycles. The van der Waals surface area contributed by atoms with Crippen LogP contribution in [0, 0.1) is 0 Å². The normalized spacial score (nSPS) is 20.2. The van der Waals surface area contributed by atoms with E-state index in [0.29, 0.717) is 6.04 Å². The molecule has 94 valence electrons. The minimum absolute atomic E-state index is 0.494. The standard InChI is InChI=1S/C14H23N3/c1-3-17(4-2)14-12(8-7-11-16-14)13-9-5-6-10-15-13/h7-8,11,13,15H,3-6,9-10H2,1-2H3/t13-/m0/s1. The molecule has 17 heavy (non-hydrogen) atoms. The van der Waals surface area contributed by atoms with E-state index in [0.717, 1.165) is 25.5 Å². The highest BCUT2D eigenvalue weighted by Gasteiger charge is 2.20. The molecule has 3 nitrogen and oxygen atoms in total. The van der Waals surface area contributed by atoms with Gasteiger partial charge in [-0.2, -0.15) is 0 Å². The van der Waals surface area contributed by atoms with Crippen molar-refractivity contribution < 1.29 is 0 Å². The molecule has 1 aliphatic rings. The second-order valence-electron chi connectivity index (χ2n) is 4.59. The Morgan fingerprint density at radius 1 is 1.35 bits per heavy atom. The van der Waals surface area contributed by atoms with Gasteiger partial charge in [-0.15, -0.1) is 0 Å². The molecule has 1 atom stereocenters. The third-order valence-electron chi connectivity index (χ3n) is 3.57. The van der Waals surface area contributed by atoms with Crippen molar-refractivity contribution in [3.63, 3.8) is 0 Å². The summed E-state index contributed by atoms with van der Waals surface area (Å²) in [6.45, 7) is 7.56. The average molecular weight is 233 g/mol. The molecular formula is C14H23N3. The second-order valence-corrected chi connectivity index (χ2v) is 4.59. The first-order valence-corrected chi connectivity index (χ1v) is 6.80. The number of aromatic nitrogens is 1. The first-order valence-electron chi connectivity index (χ1n) is 6.80. The maximum Gasteiger partial charge on any atom is 0.133 e. The van der Waals surface area contributed by atoms with E-state index < -0.39 is 0 Å². The average Bonchev–Trinajstić information content (AvgIpc) is 2.42. The number of piperidine rings is 1. The lowest BCUT2D eigenvalue weighted by Gasteiger charge is -2.29. The maximum absolute atomic E-state index is 4.58. The highest BCUT2D eigenvalue weighted by molar-refractivity contribution is 5.48. The van der Waals surface area contributed by atoms with Gasteiger partial charge in [-0.1, -0.05) is 12.5 Å². The smallest absolute Gasteiger partial charge is 0.133 e. The van der Waals surface area contributed by atoms with Crippen molar-refractivity contribution in [2.24, 2.45) is 0 Å². The summed E-state index contributed by atoms with van der Waals surface area (Å²) < 4.78 is 0. The van der Waals surface area contributed by atoms with Crippen LogP contribution in [0.15, 0.2) is 18.3 Å². The lowest BCUT2D eigenvalue weighted by atomic mass is 9.97. The second kappa shape index (κ2) is 6.01. The van der Waals surface area contributed by atoms with Gasteiger partial charge in [0, 0.05) is 30.9 Å². The van der Waals surface area contributed by atoms with Crippen molar-refractivity contribution in [2.45, 2.75) is 39.2 Å². The summed E-state index contributed by atoms with van der Waals surface area (Å²) >= 11 is 0. The van der Waals surface area contributed by atoms with Crippen LogP contribution in [0.3, 0.4) is 0 Å². The third kappa shape index (κ3) is 2.78. The van der Waals surface area contributed by atoms with Gasteiger partial charge >= 0.3 is 0 Å². The molecule has 0 aromatic carbocycles. The first-order chi connectivity index (χ1) is 8.36. The summed E-state index contributed by atoms with van der Waals surface area (Å²) in [6, 6.07) is 4.77. The number of pyridine rings is 1. The fourth-order valence-electron chi connectivity index (χ4n) is 2.59. The summed E-state index contributed by atoms with van der Waals surface area (Å²) in [5, 5.41) is 3.61. The minimum atomic E-state index is 0.494. The van der Waals surface area contributed by atoms with Crippen LogP contribution in [-0.2, 0) is 0 Å². The lowest BCUT2D eigenvalue weighted by Crippen LogP contribution is -2.30. The summed E-state index contributed by atoms with van der Waals surface area (Å²) in [4.78, 5) is 6.92. The highest BCUT2D eigenvalue weighted by atomic mass is 15.2. The van der Waals surface area contributed by atoms with E-state index in [1.54, 1.807) is 0 Å². The lowest BCUT2D eigenvalue weighted by molar-refractivity contribution is 0.411. The van der Waals surface area contributed by atoms with E-state index in [2.05, 4.69) is 41.2 Å². The number of hydrogen-bond acceptors (Lipinski definition) is 3. The van der Waals surface area contributed by atoms with Crippen LogP contribution in [0.5, 0.6) is 0 Å². The minimum Gasteiger partial charge on any atom is -0.357 e. The van der Waals surface area contributed by atoms with Crippen molar-refractivity contribution in [3.8, 4) is 0 Å². The molecular weight excluding hydrogens is 210 g/mol. The Balaban J connectivity index is 2.25. The Morgan fingerprint density at radius 2 is 2.18 bits per heavy atom. The Morgan fingerprint density at radius 3 is 2.82 bits per heavy atom. The van der Waals surface area contributed by atoms with E-state index in [-0.39, 0.29) is 0 Å². The number of rotatable bonds is 4. The third-order valence-corrected chi connectivity index (χ3v) is 3.57. The predicted octanol–water partition coefficient (Wildman–Crippen LogP) is 2.74. The fourth-order valence-corrected chi connectivity index (χ4v) is 2.59. The van der Waals surface area contributed by atoms with Gasteiger partial charge in [0.05, 0.1) is 0 Å². The Kier molecular flexibility index (Phi) is 4.37. The van der Waals surface area contributed by atoms with Gasteiger partial charge in [0.1, 0.15) is 5.82 Å². The molecule has 0 aliphatic carbocycles. The van der Waals surface area contributed by atoms with E-state index in [9.17, 15) is 0 Å². The van der Waals surface area contributed by atoms with Gasteiger partial charge in [-0.25, -0.2) is 4.98 Å². The van der Waals surface area contributed by atoms with Crippen molar-refractivity contribution >= 4 is 5.82 Å². The molecule has 1 N–H and O–H groups in total. The molecule has 1 saturated heterocycles. The van der Waals surface area contributed by atoms with E-state index >= 15 is 0 Å². The zero-order valence-corrected chi connectivity index (χ0v) is 10.9. The summed E-state index contributed by atoms with van der Waals surface area (Å²) in [5.74, 6) is 1.16. The van der Waals surface area contributed by atoms with Gasteiger partial charge < -0.3 is 10.2 Å². The van der Waals surface area contributed by atoms with Crippen LogP contribution in [0.2, 0.25) is 0 Å². The Bertz CT molecular complexity index is 341. The fraction of sp³-hybridized carbons (Fsp3) is 0.643. The first kappa shape index (κ1) is 12.4. The number of nitrogens with zero attached hydrogens (tertiary/aromatic N) is 2. The van der Waals surface area contributed by atoms with E-state index in [4.69, 9.17) is 0 Å². The Labute approximate surface area is 104 Å². The summed E-state index contributed by atoms with van der Waals surface area (Å²) in [5.41, 5.74) is 1.37. The van der Waals surface area contributed by atoms with Crippen LogP contribution in [0.1, 0.15) is 44.7 Å². The zero-order chi connectivity index (χ0) is 12.1. The molecule has 0 spiro atoms. The molecule has 3 heteroatoms. The van der Waals surface area contributed by atoms with Gasteiger partial charge in [0.15, 0.2) is 0 Å². The number of nitrogens with one attached hydrogen (secondary N) is 1. The van der Waals surface area contributed by atoms with Crippen molar-refractivity contribution in [3.05, 3.63) is 23.9 Å². The van der Waals surface area contributed by atoms with Crippen LogP contribution >= 0.6 is 0 Å². The number of anilines is 1. The monoisotopic (exact) mass is 233 g/mol. The zero-order valence-electron chi connectivity index (χ0n) is 10.9. The van der Waals surface area contributed by atoms with Crippen LogP contribution in [0.4, 0.5) is 5.82 Å². The molecule has 0 saturated carbocycles. The SMILES string of the molecule is CCN(CC)c1ncccc1[C@@H]1CCCCN1. The largest absolute Gasteiger partial charge is 0.357 e. The summed E-state index contributed by atoms with van der Waals surface area (Å²) in [6.07, 6.45) is 5.77. The molecule has 0 unspecified atom stereocenters. The maximum atomic E-state index is 4.58. The van der Waals surface area contributed by atoms with Crippen LogP contribution in [0.25, 0.3) is 0 Å². The van der Waals surface area contributed by atoms with Crippen molar-refractivity contribution in [1.82, 2.24) is 10.3 Å². The molecule has 1 aromatic rings. The van der Waals surface area contributed by atoms with Crippen LogP contribution < -0.4 is 10.2 Å². The molecule has 2 rings (SSSR count). The number of hydrogen-bond donors (Lipinski definition) is 1. The quantitative estimate of drug-likeness (QED) is 0.866. The highest BCUT2D eigenvalue weighted by Crippen LogP contribution is 2.29. The molecule has 2 heterocycles. The molecule has 1 fully saturated rings. The van der Waals surface area contributed by atoms with Crippen LogP contribution in [-0.4, -0.2) is 24.6 Å². The topological polar surface area (TPSA) is 28.2 Å². The van der Waals surface area contributed by atoms with Gasteiger partial charge in [-0.05, 0) is 39.3 Å². The molecule has 0 bridgehead atoms. The van der Waals surface area contributed by atoms with Gasteiger partial charge in [-0.3, -0.25) is 0 Å². The van der Waals surface area contributed by atoms with Crippen molar-refractivity contribution in [1.29, 1.82) is 0 Å². The summed E-state index contributed by atoms with van der Waals surface area (Å²) in [7, 11) is 0. The van der Waals surface area contributed by atoms with Gasteiger partial charge in [0.25, 0.3) is 0 Å². The molecule has 0 amide bonds. The molecule has 0 radical (unpaired) electrons.